The quantitative estimate of drug-likeness (QED) is 0.835. The number of piperidine rings is 1. The predicted molar refractivity (Wildman–Crippen MR) is 96.9 cm³/mol. The third-order valence-electron chi connectivity index (χ3n) is 4.38. The number of nitrogens with zero attached hydrogens (tertiary/aromatic N) is 4. The van der Waals surface area contributed by atoms with E-state index in [1.165, 1.54) is 13.3 Å². The lowest BCUT2D eigenvalue weighted by Crippen LogP contribution is -2.44. The lowest BCUT2D eigenvalue weighted by Gasteiger charge is -2.32. The Morgan fingerprint density at radius 2 is 2.19 bits per heavy atom. The second-order valence-corrected chi connectivity index (χ2v) is 6.31. The average Bonchev–Trinajstić information content (AvgIpc) is 3.08. The summed E-state index contributed by atoms with van der Waals surface area (Å²) < 4.78 is 12.8. The molecule has 2 aromatic heterocycles. The second kappa shape index (κ2) is 8.07. The maximum absolute atomic E-state index is 12.8. The van der Waals surface area contributed by atoms with Crippen LogP contribution in [-0.4, -0.2) is 64.8 Å². The first-order valence-corrected chi connectivity index (χ1v) is 8.73. The molecule has 0 saturated carbocycles. The summed E-state index contributed by atoms with van der Waals surface area (Å²) in [6, 6.07) is 3.31. The number of hydrogen-bond acceptors (Lipinski definition) is 6. The van der Waals surface area contributed by atoms with Crippen LogP contribution in [0.5, 0.6) is 11.6 Å². The van der Waals surface area contributed by atoms with E-state index in [1.807, 2.05) is 0 Å². The number of rotatable bonds is 5. The van der Waals surface area contributed by atoms with Crippen LogP contribution in [0.25, 0.3) is 0 Å². The number of aromatic nitrogens is 3. The monoisotopic (exact) mass is 373 g/mol. The Morgan fingerprint density at radius 1 is 1.37 bits per heavy atom. The van der Waals surface area contributed by atoms with Crippen LogP contribution in [0.4, 0.5) is 0 Å². The average molecular weight is 373 g/mol. The molecular formula is C18H23N5O4. The maximum Gasteiger partial charge on any atom is 0.269 e. The number of aryl methyl sites for hydroxylation is 1. The molecule has 1 N–H and O–H groups in total. The van der Waals surface area contributed by atoms with Crippen molar-refractivity contribution < 1.29 is 19.1 Å². The van der Waals surface area contributed by atoms with Gasteiger partial charge in [0, 0.05) is 39.1 Å². The zero-order valence-electron chi connectivity index (χ0n) is 15.6. The number of nitrogens with one attached hydrogen (secondary N) is 1. The highest BCUT2D eigenvalue weighted by molar-refractivity contribution is 5.96. The zero-order valence-corrected chi connectivity index (χ0v) is 15.6. The standard InChI is InChI=1S/C18H23N5O4/c1-19-16(24)15-9-12(6-7-20-15)27-13-5-4-8-23(10-13)18(25)14-11-22(2)21-17(14)26-3/h6-7,9,11,13H,4-5,8,10H2,1-3H3,(H,19,24). The van der Waals surface area contributed by atoms with Gasteiger partial charge in [0.25, 0.3) is 11.8 Å². The molecule has 1 saturated heterocycles. The van der Waals surface area contributed by atoms with Gasteiger partial charge in [0.05, 0.1) is 13.7 Å². The summed E-state index contributed by atoms with van der Waals surface area (Å²) in [5, 5.41) is 6.67. The van der Waals surface area contributed by atoms with Crippen LogP contribution in [0, 0.1) is 0 Å². The van der Waals surface area contributed by atoms with Gasteiger partial charge in [0.15, 0.2) is 0 Å². The zero-order chi connectivity index (χ0) is 19.4. The van der Waals surface area contributed by atoms with E-state index in [0.717, 1.165) is 12.8 Å². The van der Waals surface area contributed by atoms with E-state index in [0.29, 0.717) is 36.0 Å². The summed E-state index contributed by atoms with van der Waals surface area (Å²) in [6.07, 6.45) is 4.68. The van der Waals surface area contributed by atoms with Crippen LogP contribution in [-0.2, 0) is 7.05 Å². The smallest absolute Gasteiger partial charge is 0.269 e. The maximum atomic E-state index is 12.8. The largest absolute Gasteiger partial charge is 0.488 e. The molecular weight excluding hydrogens is 350 g/mol. The molecule has 0 bridgehead atoms. The lowest BCUT2D eigenvalue weighted by atomic mass is 10.1. The first kappa shape index (κ1) is 18.7. The highest BCUT2D eigenvalue weighted by Crippen LogP contribution is 2.23. The molecule has 0 radical (unpaired) electrons. The van der Waals surface area contributed by atoms with E-state index in [9.17, 15) is 9.59 Å². The fourth-order valence-corrected chi connectivity index (χ4v) is 3.08. The van der Waals surface area contributed by atoms with E-state index >= 15 is 0 Å². The number of likely N-dealkylation sites (tertiary alicyclic amines) is 1. The van der Waals surface area contributed by atoms with Crippen LogP contribution >= 0.6 is 0 Å². The molecule has 0 aromatic carbocycles. The van der Waals surface area contributed by atoms with Crippen LogP contribution in [0.3, 0.4) is 0 Å². The molecule has 27 heavy (non-hydrogen) atoms. The number of methoxy groups -OCH3 is 1. The molecule has 1 fully saturated rings. The van der Waals surface area contributed by atoms with Gasteiger partial charge in [-0.15, -0.1) is 5.10 Å². The molecule has 1 aliphatic rings. The van der Waals surface area contributed by atoms with Crippen molar-refractivity contribution >= 4 is 11.8 Å². The Hall–Kier alpha value is -3.10. The molecule has 9 nitrogen and oxygen atoms in total. The van der Waals surface area contributed by atoms with Crippen molar-refractivity contribution in [1.29, 1.82) is 0 Å². The van der Waals surface area contributed by atoms with Crippen molar-refractivity contribution in [2.45, 2.75) is 18.9 Å². The fraction of sp³-hybridized carbons (Fsp3) is 0.444. The highest BCUT2D eigenvalue weighted by Gasteiger charge is 2.28. The normalized spacial score (nSPS) is 16.7. The van der Waals surface area contributed by atoms with E-state index in [4.69, 9.17) is 9.47 Å². The van der Waals surface area contributed by atoms with Crippen molar-refractivity contribution in [3.05, 3.63) is 35.8 Å². The summed E-state index contributed by atoms with van der Waals surface area (Å²) in [4.78, 5) is 30.3. The van der Waals surface area contributed by atoms with E-state index in [-0.39, 0.29) is 17.9 Å². The third-order valence-corrected chi connectivity index (χ3v) is 4.38. The highest BCUT2D eigenvalue weighted by atomic mass is 16.5. The molecule has 2 aromatic rings. The van der Waals surface area contributed by atoms with Crippen LogP contribution < -0.4 is 14.8 Å². The Morgan fingerprint density at radius 3 is 2.93 bits per heavy atom. The number of pyridine rings is 1. The Bertz CT molecular complexity index is 835. The predicted octanol–water partition coefficient (Wildman–Crippen LogP) is 0.867. The van der Waals surface area contributed by atoms with Gasteiger partial charge in [-0.05, 0) is 18.9 Å². The van der Waals surface area contributed by atoms with Gasteiger partial charge in [-0.2, -0.15) is 0 Å². The van der Waals surface area contributed by atoms with Gasteiger partial charge >= 0.3 is 0 Å². The van der Waals surface area contributed by atoms with Gasteiger partial charge < -0.3 is 19.7 Å². The summed E-state index contributed by atoms with van der Waals surface area (Å²) in [6.45, 7) is 1.10. The fourth-order valence-electron chi connectivity index (χ4n) is 3.08. The first-order chi connectivity index (χ1) is 13.0. The second-order valence-electron chi connectivity index (χ2n) is 6.31. The molecule has 2 amide bonds. The van der Waals surface area contributed by atoms with Gasteiger partial charge in [-0.3, -0.25) is 19.3 Å². The number of amides is 2. The minimum Gasteiger partial charge on any atom is -0.488 e. The van der Waals surface area contributed by atoms with E-state index < -0.39 is 0 Å². The molecule has 1 unspecified atom stereocenters. The first-order valence-electron chi connectivity index (χ1n) is 8.73. The van der Waals surface area contributed by atoms with Gasteiger partial charge in [-0.1, -0.05) is 0 Å². The van der Waals surface area contributed by atoms with Crippen molar-refractivity contribution in [2.75, 3.05) is 27.2 Å². The molecule has 3 heterocycles. The molecule has 1 aliphatic heterocycles. The van der Waals surface area contributed by atoms with Crippen LogP contribution in [0.2, 0.25) is 0 Å². The van der Waals surface area contributed by atoms with Crippen molar-refractivity contribution in [3.8, 4) is 11.6 Å². The van der Waals surface area contributed by atoms with E-state index in [2.05, 4.69) is 15.4 Å². The Labute approximate surface area is 157 Å². The van der Waals surface area contributed by atoms with Crippen molar-refractivity contribution in [2.24, 2.45) is 7.05 Å². The lowest BCUT2D eigenvalue weighted by molar-refractivity contribution is 0.0534. The van der Waals surface area contributed by atoms with Crippen LogP contribution in [0.1, 0.15) is 33.7 Å². The molecule has 1 atom stereocenters. The Kier molecular flexibility index (Phi) is 5.58. The minimum absolute atomic E-state index is 0.131. The molecule has 144 valence electrons. The van der Waals surface area contributed by atoms with E-state index in [1.54, 1.807) is 42.0 Å². The SMILES string of the molecule is CNC(=O)c1cc(OC2CCCN(C(=O)c3cn(C)nc3OC)C2)ccn1. The van der Waals surface area contributed by atoms with Crippen molar-refractivity contribution in [3.63, 3.8) is 0 Å². The van der Waals surface area contributed by atoms with Crippen molar-refractivity contribution in [1.82, 2.24) is 25.0 Å². The minimum atomic E-state index is -0.274. The van der Waals surface area contributed by atoms with Gasteiger partial charge in [-0.25, -0.2) is 0 Å². The summed E-state index contributed by atoms with van der Waals surface area (Å²) in [7, 11) is 4.79. The molecule has 3 rings (SSSR count). The number of carbonyl (C=O) groups excluding carboxylic acids is 2. The summed E-state index contributed by atoms with van der Waals surface area (Å²) in [5.74, 6) is 0.468. The van der Waals surface area contributed by atoms with Crippen LogP contribution in [0.15, 0.2) is 24.5 Å². The summed E-state index contributed by atoms with van der Waals surface area (Å²) >= 11 is 0. The number of hydrogen-bond donors (Lipinski definition) is 1. The third kappa shape index (κ3) is 4.18. The topological polar surface area (TPSA) is 98.6 Å². The molecule has 0 aliphatic carbocycles. The number of carbonyl (C=O) groups is 2. The van der Waals surface area contributed by atoms with Gasteiger partial charge in [0.2, 0.25) is 5.88 Å². The van der Waals surface area contributed by atoms with Gasteiger partial charge in [0.1, 0.15) is 23.1 Å². The molecule has 0 spiro atoms. The Balaban J connectivity index is 1.69. The molecule has 9 heteroatoms. The summed E-state index contributed by atoms with van der Waals surface area (Å²) in [5.41, 5.74) is 0.727. The number of ether oxygens (including phenoxy) is 2.